The Balaban J connectivity index is 2.02. The summed E-state index contributed by atoms with van der Waals surface area (Å²) in [5.41, 5.74) is -0.0143. The lowest BCUT2D eigenvalue weighted by molar-refractivity contribution is 0.0160. The van der Waals surface area contributed by atoms with Crippen molar-refractivity contribution in [3.05, 3.63) is 30.3 Å². The Morgan fingerprint density at radius 1 is 1.18 bits per heavy atom. The van der Waals surface area contributed by atoms with Crippen LogP contribution in [0.3, 0.4) is 0 Å². The monoisotopic (exact) mass is 253 g/mol. The predicted octanol–water partition coefficient (Wildman–Crippen LogP) is 3.18. The fraction of sp³-hybridized carbons (Fsp3) is 0.571. The van der Waals surface area contributed by atoms with Crippen LogP contribution in [0.2, 0.25) is 0 Å². The largest absolute Gasteiger partial charge is 0.379 e. The molecule has 2 nitrogen and oxygen atoms in total. The topological polar surface area (TPSA) is 21.3 Å². The highest BCUT2D eigenvalue weighted by Gasteiger charge is 2.14. The van der Waals surface area contributed by atoms with Crippen LogP contribution >= 0.6 is 11.8 Å². The van der Waals surface area contributed by atoms with Crippen LogP contribution in [0, 0.1) is 0 Å². The maximum absolute atomic E-state index is 5.37. The summed E-state index contributed by atoms with van der Waals surface area (Å²) < 4.78 is 5.37. The minimum Gasteiger partial charge on any atom is -0.379 e. The van der Waals surface area contributed by atoms with Crippen LogP contribution in [0.1, 0.15) is 20.3 Å². The van der Waals surface area contributed by atoms with E-state index in [1.807, 2.05) is 11.8 Å². The van der Waals surface area contributed by atoms with Gasteiger partial charge in [0.15, 0.2) is 0 Å². The summed E-state index contributed by atoms with van der Waals surface area (Å²) in [4.78, 5) is 1.34. The minimum absolute atomic E-state index is 0.0143. The van der Waals surface area contributed by atoms with Gasteiger partial charge in [-0.15, -0.1) is 11.8 Å². The van der Waals surface area contributed by atoms with Crippen molar-refractivity contribution in [3.63, 3.8) is 0 Å². The number of thioether (sulfide) groups is 1. The number of rotatable bonds is 8. The number of methoxy groups -OCH3 is 1. The Hall–Kier alpha value is -0.510. The summed E-state index contributed by atoms with van der Waals surface area (Å²) in [6, 6.07) is 10.5. The number of benzene rings is 1. The van der Waals surface area contributed by atoms with Gasteiger partial charge in [0.05, 0.1) is 5.60 Å². The normalized spacial score (nSPS) is 11.7. The summed E-state index contributed by atoms with van der Waals surface area (Å²) >= 11 is 1.89. The lowest BCUT2D eigenvalue weighted by Gasteiger charge is -2.22. The van der Waals surface area contributed by atoms with Gasteiger partial charge >= 0.3 is 0 Å². The van der Waals surface area contributed by atoms with E-state index in [0.717, 1.165) is 25.3 Å². The summed E-state index contributed by atoms with van der Waals surface area (Å²) in [6.45, 7) is 6.29. The number of ether oxygens (including phenoxy) is 1. The molecule has 1 aromatic carbocycles. The minimum atomic E-state index is -0.0143. The second-order valence-electron chi connectivity index (χ2n) is 4.63. The van der Waals surface area contributed by atoms with Crippen molar-refractivity contribution in [1.29, 1.82) is 0 Å². The average molecular weight is 253 g/mol. The van der Waals surface area contributed by atoms with Crippen molar-refractivity contribution in [1.82, 2.24) is 5.32 Å². The molecule has 0 aromatic heterocycles. The molecule has 1 aromatic rings. The van der Waals surface area contributed by atoms with Crippen LogP contribution in [0.25, 0.3) is 0 Å². The zero-order chi connectivity index (χ0) is 12.6. The van der Waals surface area contributed by atoms with E-state index in [9.17, 15) is 0 Å². The second kappa shape index (κ2) is 7.75. The van der Waals surface area contributed by atoms with Crippen molar-refractivity contribution in [2.75, 3.05) is 26.0 Å². The Labute approximate surface area is 109 Å². The molecule has 0 amide bonds. The molecule has 0 heterocycles. The van der Waals surface area contributed by atoms with E-state index in [1.54, 1.807) is 7.11 Å². The van der Waals surface area contributed by atoms with Crippen molar-refractivity contribution in [3.8, 4) is 0 Å². The molecule has 0 bridgehead atoms. The molecule has 3 heteroatoms. The van der Waals surface area contributed by atoms with Crippen molar-refractivity contribution >= 4 is 11.8 Å². The molecular weight excluding hydrogens is 230 g/mol. The predicted molar refractivity (Wildman–Crippen MR) is 75.7 cm³/mol. The van der Waals surface area contributed by atoms with Crippen LogP contribution in [-0.2, 0) is 4.74 Å². The van der Waals surface area contributed by atoms with Gasteiger partial charge in [0.25, 0.3) is 0 Å². The molecule has 0 spiro atoms. The molecule has 1 N–H and O–H groups in total. The van der Waals surface area contributed by atoms with E-state index in [1.165, 1.54) is 4.90 Å². The van der Waals surface area contributed by atoms with E-state index >= 15 is 0 Å². The van der Waals surface area contributed by atoms with Gasteiger partial charge in [-0.3, -0.25) is 0 Å². The standard InChI is InChI=1S/C14H23NOS/c1-14(2,16-3)9-10-15-11-12-17-13-7-5-4-6-8-13/h4-8,15H,9-12H2,1-3H3. The summed E-state index contributed by atoms with van der Waals surface area (Å²) in [6.07, 6.45) is 1.04. The Morgan fingerprint density at radius 3 is 2.53 bits per heavy atom. The summed E-state index contributed by atoms with van der Waals surface area (Å²) in [5.74, 6) is 1.11. The molecule has 0 aliphatic rings. The third-order valence-electron chi connectivity index (χ3n) is 2.75. The Bertz CT molecular complexity index is 300. The molecule has 0 aliphatic carbocycles. The molecule has 0 atom stereocenters. The lowest BCUT2D eigenvalue weighted by Crippen LogP contribution is -2.29. The number of nitrogens with one attached hydrogen (secondary N) is 1. The van der Waals surface area contributed by atoms with Gasteiger partial charge in [0.1, 0.15) is 0 Å². The van der Waals surface area contributed by atoms with E-state index in [0.29, 0.717) is 0 Å². The van der Waals surface area contributed by atoms with Gasteiger partial charge < -0.3 is 10.1 Å². The van der Waals surface area contributed by atoms with Gasteiger partial charge in [0, 0.05) is 24.3 Å². The van der Waals surface area contributed by atoms with Gasteiger partial charge in [-0.05, 0) is 38.9 Å². The highest BCUT2D eigenvalue weighted by molar-refractivity contribution is 7.99. The zero-order valence-electron chi connectivity index (χ0n) is 11.0. The highest BCUT2D eigenvalue weighted by atomic mass is 32.2. The SMILES string of the molecule is COC(C)(C)CCNCCSc1ccccc1. The fourth-order valence-corrected chi connectivity index (χ4v) is 2.21. The van der Waals surface area contributed by atoms with E-state index < -0.39 is 0 Å². The third-order valence-corrected chi connectivity index (χ3v) is 3.76. The van der Waals surface area contributed by atoms with Gasteiger partial charge in [-0.25, -0.2) is 0 Å². The quantitative estimate of drug-likeness (QED) is 0.568. The molecule has 17 heavy (non-hydrogen) atoms. The maximum atomic E-state index is 5.37. The zero-order valence-corrected chi connectivity index (χ0v) is 11.8. The maximum Gasteiger partial charge on any atom is 0.0634 e. The second-order valence-corrected chi connectivity index (χ2v) is 5.79. The number of hydrogen-bond acceptors (Lipinski definition) is 3. The summed E-state index contributed by atoms with van der Waals surface area (Å²) in [7, 11) is 1.77. The van der Waals surface area contributed by atoms with Gasteiger partial charge in [-0.1, -0.05) is 18.2 Å². The summed E-state index contributed by atoms with van der Waals surface area (Å²) in [5, 5.41) is 3.45. The van der Waals surface area contributed by atoms with Gasteiger partial charge in [-0.2, -0.15) is 0 Å². The van der Waals surface area contributed by atoms with Crippen molar-refractivity contribution in [2.24, 2.45) is 0 Å². The van der Waals surface area contributed by atoms with Crippen molar-refractivity contribution < 1.29 is 4.74 Å². The lowest BCUT2D eigenvalue weighted by atomic mass is 10.1. The molecule has 0 aliphatic heterocycles. The number of hydrogen-bond donors (Lipinski definition) is 1. The first kappa shape index (κ1) is 14.6. The molecule has 96 valence electrons. The van der Waals surface area contributed by atoms with E-state index in [2.05, 4.69) is 49.5 Å². The molecule has 1 rings (SSSR count). The van der Waals surface area contributed by atoms with E-state index in [-0.39, 0.29) is 5.60 Å². The molecule has 0 saturated heterocycles. The van der Waals surface area contributed by atoms with Crippen LogP contribution < -0.4 is 5.32 Å². The molecule has 0 fully saturated rings. The van der Waals surface area contributed by atoms with Gasteiger partial charge in [0.2, 0.25) is 0 Å². The average Bonchev–Trinajstić information content (AvgIpc) is 2.35. The highest BCUT2D eigenvalue weighted by Crippen LogP contribution is 2.16. The van der Waals surface area contributed by atoms with Crippen LogP contribution in [0.5, 0.6) is 0 Å². The van der Waals surface area contributed by atoms with Crippen LogP contribution in [0.15, 0.2) is 35.2 Å². The Kier molecular flexibility index (Phi) is 6.63. The van der Waals surface area contributed by atoms with Crippen LogP contribution in [-0.4, -0.2) is 31.6 Å². The van der Waals surface area contributed by atoms with Crippen LogP contribution in [0.4, 0.5) is 0 Å². The first-order chi connectivity index (χ1) is 8.14. The molecule has 0 saturated carbocycles. The van der Waals surface area contributed by atoms with E-state index in [4.69, 9.17) is 4.74 Å². The molecular formula is C14H23NOS. The third kappa shape index (κ3) is 6.71. The first-order valence-electron chi connectivity index (χ1n) is 6.08. The molecule has 0 unspecified atom stereocenters. The molecule has 0 radical (unpaired) electrons. The smallest absolute Gasteiger partial charge is 0.0634 e. The Morgan fingerprint density at radius 2 is 1.88 bits per heavy atom. The van der Waals surface area contributed by atoms with Crippen molar-refractivity contribution in [2.45, 2.75) is 30.8 Å². The first-order valence-corrected chi connectivity index (χ1v) is 7.06. The fourth-order valence-electron chi connectivity index (χ4n) is 1.37.